The molecule has 10 heteroatoms. The van der Waals surface area contributed by atoms with Crippen molar-refractivity contribution >= 4 is 39.1 Å². The zero-order valence-electron chi connectivity index (χ0n) is 17.9. The Kier molecular flexibility index (Phi) is 8.30. The molecule has 178 valence electrons. The van der Waals surface area contributed by atoms with Gasteiger partial charge in [-0.05, 0) is 54.6 Å². The van der Waals surface area contributed by atoms with Gasteiger partial charge in [0.15, 0.2) is 0 Å². The molecule has 3 aromatic rings. The van der Waals surface area contributed by atoms with Crippen molar-refractivity contribution in [3.63, 3.8) is 0 Å². The second-order valence-electron chi connectivity index (χ2n) is 7.05. The number of hydrogen-bond donors (Lipinski definition) is 2. The molecule has 3 rings (SSSR count). The molecule has 34 heavy (non-hydrogen) atoms. The molecular weight excluding hydrogens is 517 g/mol. The van der Waals surface area contributed by atoms with E-state index in [0.717, 1.165) is 12.1 Å². The highest BCUT2D eigenvalue weighted by Crippen LogP contribution is 2.31. The van der Waals surface area contributed by atoms with E-state index in [9.17, 15) is 22.8 Å². The number of carbonyl (C=O) groups is 2. The van der Waals surface area contributed by atoms with E-state index in [-0.39, 0.29) is 23.4 Å². The van der Waals surface area contributed by atoms with E-state index >= 15 is 0 Å². The Balaban J connectivity index is 1.74. The number of nitrogens with one attached hydrogen (secondary N) is 2. The van der Waals surface area contributed by atoms with Gasteiger partial charge in [0, 0.05) is 28.5 Å². The summed E-state index contributed by atoms with van der Waals surface area (Å²) in [5, 5.41) is 5.14. The van der Waals surface area contributed by atoms with E-state index in [1.165, 1.54) is 31.4 Å². The van der Waals surface area contributed by atoms with Crippen molar-refractivity contribution in [2.45, 2.75) is 6.18 Å². The molecule has 0 radical (unpaired) electrons. The fraction of sp³-hybridized carbons (Fsp3) is 0.167. The Morgan fingerprint density at radius 2 is 1.56 bits per heavy atom. The molecule has 0 fully saturated rings. The lowest BCUT2D eigenvalue weighted by Crippen LogP contribution is -2.16. The van der Waals surface area contributed by atoms with Gasteiger partial charge < -0.3 is 20.1 Å². The smallest absolute Gasteiger partial charge is 0.416 e. The van der Waals surface area contributed by atoms with Crippen LogP contribution in [0.3, 0.4) is 0 Å². The molecule has 0 heterocycles. The van der Waals surface area contributed by atoms with Crippen molar-refractivity contribution in [2.75, 3.05) is 31.0 Å². The first-order valence-corrected chi connectivity index (χ1v) is 10.8. The molecule has 0 atom stereocenters. The molecule has 2 amide bonds. The third-order valence-electron chi connectivity index (χ3n) is 4.56. The maximum atomic E-state index is 12.9. The predicted molar refractivity (Wildman–Crippen MR) is 125 cm³/mol. The van der Waals surface area contributed by atoms with Crippen LogP contribution in [0.25, 0.3) is 0 Å². The molecule has 6 nitrogen and oxygen atoms in total. The van der Waals surface area contributed by atoms with Crippen LogP contribution in [0.15, 0.2) is 71.2 Å². The van der Waals surface area contributed by atoms with Gasteiger partial charge in [0.25, 0.3) is 11.8 Å². The fourth-order valence-electron chi connectivity index (χ4n) is 2.95. The molecule has 0 saturated heterocycles. The van der Waals surface area contributed by atoms with Crippen molar-refractivity contribution in [1.29, 1.82) is 0 Å². The Hall–Kier alpha value is -3.37. The van der Waals surface area contributed by atoms with Gasteiger partial charge in [-0.2, -0.15) is 13.2 Å². The van der Waals surface area contributed by atoms with Gasteiger partial charge in [0.2, 0.25) is 0 Å². The minimum atomic E-state index is -4.52. The second-order valence-corrected chi connectivity index (χ2v) is 7.97. The van der Waals surface area contributed by atoms with Crippen LogP contribution in [0.2, 0.25) is 0 Å². The SMILES string of the molecule is COCCOc1ccc(Br)cc1C(=O)Nc1cccc(C(=O)Nc2cccc(C(F)(F)F)c2)c1. The average molecular weight is 537 g/mol. The number of alkyl halides is 3. The van der Waals surface area contributed by atoms with Crippen molar-refractivity contribution in [2.24, 2.45) is 0 Å². The van der Waals surface area contributed by atoms with E-state index in [0.29, 0.717) is 22.5 Å². The quantitative estimate of drug-likeness (QED) is 0.346. The van der Waals surface area contributed by atoms with Crippen molar-refractivity contribution in [1.82, 2.24) is 0 Å². The number of ether oxygens (including phenoxy) is 2. The summed E-state index contributed by atoms with van der Waals surface area (Å²) >= 11 is 3.33. The summed E-state index contributed by atoms with van der Waals surface area (Å²) in [6.45, 7) is 0.601. The van der Waals surface area contributed by atoms with Gasteiger partial charge in [-0.1, -0.05) is 28.1 Å². The maximum Gasteiger partial charge on any atom is 0.416 e. The first kappa shape index (κ1) is 25.3. The van der Waals surface area contributed by atoms with Crippen LogP contribution in [0.5, 0.6) is 5.75 Å². The fourth-order valence-corrected chi connectivity index (χ4v) is 3.31. The molecular formula is C24H20BrF3N2O4. The highest BCUT2D eigenvalue weighted by Gasteiger charge is 2.30. The summed E-state index contributed by atoms with van der Waals surface area (Å²) < 4.78 is 50.0. The number of amides is 2. The van der Waals surface area contributed by atoms with Gasteiger partial charge in [-0.15, -0.1) is 0 Å². The maximum absolute atomic E-state index is 12.9. The van der Waals surface area contributed by atoms with Crippen LogP contribution in [0.4, 0.5) is 24.5 Å². The third-order valence-corrected chi connectivity index (χ3v) is 5.05. The first-order valence-electron chi connectivity index (χ1n) is 9.98. The standard InChI is InChI=1S/C24H20BrF3N2O4/c1-33-10-11-34-21-9-8-17(25)14-20(21)23(32)30-18-6-2-4-15(12-18)22(31)29-19-7-3-5-16(13-19)24(26,27)28/h2-9,12-14H,10-11H2,1H3,(H,29,31)(H,30,32). The number of halogens is 4. The molecule has 3 aromatic carbocycles. The first-order chi connectivity index (χ1) is 16.2. The Labute approximate surface area is 202 Å². The lowest BCUT2D eigenvalue weighted by atomic mass is 10.1. The minimum absolute atomic E-state index is 0.00116. The summed E-state index contributed by atoms with van der Waals surface area (Å²) in [5.74, 6) is -0.734. The number of benzene rings is 3. The van der Waals surface area contributed by atoms with Crippen LogP contribution in [-0.4, -0.2) is 32.1 Å². The molecule has 0 aliphatic carbocycles. The van der Waals surface area contributed by atoms with Crippen molar-refractivity contribution in [3.05, 3.63) is 87.9 Å². The molecule has 0 spiro atoms. The van der Waals surface area contributed by atoms with Crippen LogP contribution >= 0.6 is 15.9 Å². The van der Waals surface area contributed by atoms with Crippen LogP contribution in [0.1, 0.15) is 26.3 Å². The summed E-state index contributed by atoms with van der Waals surface area (Å²) in [4.78, 5) is 25.5. The van der Waals surface area contributed by atoms with Crippen molar-refractivity contribution in [3.8, 4) is 5.75 Å². The van der Waals surface area contributed by atoms with Gasteiger partial charge in [-0.3, -0.25) is 9.59 Å². The van der Waals surface area contributed by atoms with E-state index < -0.39 is 23.6 Å². The average Bonchev–Trinajstić information content (AvgIpc) is 2.80. The summed E-state index contributed by atoms with van der Waals surface area (Å²) in [6.07, 6.45) is -4.52. The molecule has 0 unspecified atom stereocenters. The molecule has 0 aliphatic rings. The molecule has 0 bridgehead atoms. The van der Waals surface area contributed by atoms with Crippen LogP contribution in [0, 0.1) is 0 Å². The summed E-state index contributed by atoms with van der Waals surface area (Å²) in [7, 11) is 1.54. The Bertz CT molecular complexity index is 1180. The lowest BCUT2D eigenvalue weighted by molar-refractivity contribution is -0.137. The number of hydrogen-bond acceptors (Lipinski definition) is 4. The van der Waals surface area contributed by atoms with E-state index in [4.69, 9.17) is 9.47 Å². The third kappa shape index (κ3) is 6.82. The van der Waals surface area contributed by atoms with Gasteiger partial charge in [-0.25, -0.2) is 0 Å². The molecule has 0 saturated carbocycles. The number of rotatable bonds is 8. The largest absolute Gasteiger partial charge is 0.490 e. The van der Waals surface area contributed by atoms with Crippen molar-refractivity contribution < 1.29 is 32.2 Å². The Morgan fingerprint density at radius 3 is 2.26 bits per heavy atom. The summed E-state index contributed by atoms with van der Waals surface area (Å²) in [5.41, 5.74) is -0.125. The van der Waals surface area contributed by atoms with Gasteiger partial charge in [0.1, 0.15) is 12.4 Å². The Morgan fingerprint density at radius 1 is 0.882 bits per heavy atom. The van der Waals surface area contributed by atoms with Gasteiger partial charge >= 0.3 is 6.18 Å². The number of carbonyl (C=O) groups excluding carboxylic acids is 2. The minimum Gasteiger partial charge on any atom is -0.490 e. The summed E-state index contributed by atoms with van der Waals surface area (Å²) in [6, 6.07) is 15.4. The lowest BCUT2D eigenvalue weighted by Gasteiger charge is -2.13. The number of anilines is 2. The molecule has 2 N–H and O–H groups in total. The van der Waals surface area contributed by atoms with Crippen LogP contribution in [-0.2, 0) is 10.9 Å². The van der Waals surface area contributed by atoms with Crippen LogP contribution < -0.4 is 15.4 Å². The normalized spacial score (nSPS) is 11.1. The predicted octanol–water partition coefficient (Wildman–Crippen LogP) is 6.00. The monoisotopic (exact) mass is 536 g/mol. The second kappa shape index (κ2) is 11.2. The van der Waals surface area contributed by atoms with Gasteiger partial charge in [0.05, 0.1) is 17.7 Å². The van der Waals surface area contributed by atoms with E-state index in [2.05, 4.69) is 26.6 Å². The zero-order chi connectivity index (χ0) is 24.7. The topological polar surface area (TPSA) is 76.7 Å². The van der Waals surface area contributed by atoms with E-state index in [1.54, 1.807) is 30.3 Å². The number of methoxy groups -OCH3 is 1. The zero-order valence-corrected chi connectivity index (χ0v) is 19.5. The molecule has 0 aromatic heterocycles. The highest BCUT2D eigenvalue weighted by molar-refractivity contribution is 9.10. The molecule has 0 aliphatic heterocycles. The highest BCUT2D eigenvalue weighted by atomic mass is 79.9. The van der Waals surface area contributed by atoms with E-state index in [1.807, 2.05) is 0 Å².